The number of anilines is 2. The van der Waals surface area contributed by atoms with Crippen molar-refractivity contribution in [3.8, 4) is 17.6 Å². The molecule has 0 saturated carbocycles. The van der Waals surface area contributed by atoms with E-state index >= 15 is 0 Å². The van der Waals surface area contributed by atoms with Gasteiger partial charge in [0, 0.05) is 23.1 Å². The number of aryl methyl sites for hydroxylation is 4. The van der Waals surface area contributed by atoms with Crippen LogP contribution in [0.1, 0.15) is 39.3 Å². The number of hydrogen-bond donors (Lipinski definition) is 1. The first kappa shape index (κ1) is 23.9. The zero-order chi connectivity index (χ0) is 26.1. The molecule has 3 aromatic heterocycles. The van der Waals surface area contributed by atoms with Crippen molar-refractivity contribution in [2.75, 3.05) is 12.4 Å². The van der Waals surface area contributed by atoms with E-state index in [1.165, 1.54) is 11.8 Å². The van der Waals surface area contributed by atoms with E-state index in [-0.39, 0.29) is 0 Å². The Kier molecular flexibility index (Phi) is 6.28. The SMILES string of the molecule is COc1cccc2c(C)cc(-n3ncc(C#N)c3Nc3nc(C)nc(C)c3Cc3ccc(C)cc3)nc12. The number of benzene rings is 2. The molecule has 0 spiro atoms. The molecule has 0 bridgehead atoms. The highest BCUT2D eigenvalue weighted by Gasteiger charge is 2.19. The van der Waals surface area contributed by atoms with Gasteiger partial charge in [0.15, 0.2) is 11.6 Å². The standard InChI is InChI=1S/C29H27N7O/c1-17-9-11-21(12-10-17)14-24-19(3)32-20(4)33-28(24)35-29-22(15-30)16-31-36(29)26-13-18(2)23-7-6-8-25(37-5)27(23)34-26/h6-13,16H,14H2,1-5H3,(H,32,33,35). The highest BCUT2D eigenvalue weighted by Crippen LogP contribution is 2.31. The molecule has 184 valence electrons. The van der Waals surface area contributed by atoms with Crippen LogP contribution in [0.3, 0.4) is 0 Å². The highest BCUT2D eigenvalue weighted by atomic mass is 16.5. The van der Waals surface area contributed by atoms with Gasteiger partial charge in [-0.15, -0.1) is 0 Å². The largest absolute Gasteiger partial charge is 0.494 e. The van der Waals surface area contributed by atoms with E-state index in [1.807, 2.05) is 45.0 Å². The van der Waals surface area contributed by atoms with Crippen molar-refractivity contribution in [1.82, 2.24) is 24.7 Å². The molecule has 5 rings (SSSR count). The molecule has 8 heteroatoms. The minimum Gasteiger partial charge on any atom is -0.494 e. The fourth-order valence-corrected chi connectivity index (χ4v) is 4.44. The van der Waals surface area contributed by atoms with Crippen LogP contribution in [0.5, 0.6) is 5.75 Å². The second-order valence-electron chi connectivity index (χ2n) is 9.06. The van der Waals surface area contributed by atoms with Crippen molar-refractivity contribution in [1.29, 1.82) is 5.26 Å². The lowest BCUT2D eigenvalue weighted by atomic mass is 10.0. The molecule has 0 fully saturated rings. The van der Waals surface area contributed by atoms with Crippen LogP contribution in [0.15, 0.2) is 54.7 Å². The van der Waals surface area contributed by atoms with E-state index < -0.39 is 0 Å². The third-order valence-corrected chi connectivity index (χ3v) is 6.39. The zero-order valence-electron chi connectivity index (χ0n) is 21.5. The van der Waals surface area contributed by atoms with E-state index in [1.54, 1.807) is 11.8 Å². The minimum atomic E-state index is 0.384. The number of ether oxygens (including phenoxy) is 1. The lowest BCUT2D eigenvalue weighted by Gasteiger charge is -2.16. The van der Waals surface area contributed by atoms with Gasteiger partial charge in [-0.3, -0.25) is 0 Å². The topological polar surface area (TPSA) is 102 Å². The Hall–Kier alpha value is -4.77. The summed E-state index contributed by atoms with van der Waals surface area (Å²) in [7, 11) is 1.63. The van der Waals surface area contributed by atoms with Gasteiger partial charge in [-0.2, -0.15) is 15.0 Å². The van der Waals surface area contributed by atoms with Gasteiger partial charge in [-0.25, -0.2) is 15.0 Å². The Morgan fingerprint density at radius 3 is 2.51 bits per heavy atom. The van der Waals surface area contributed by atoms with Gasteiger partial charge in [-0.1, -0.05) is 42.0 Å². The Balaban J connectivity index is 1.63. The van der Waals surface area contributed by atoms with E-state index in [0.717, 1.165) is 33.3 Å². The first-order valence-electron chi connectivity index (χ1n) is 12.0. The number of fused-ring (bicyclic) bond motifs is 1. The Bertz CT molecular complexity index is 1660. The van der Waals surface area contributed by atoms with Gasteiger partial charge in [0.2, 0.25) is 0 Å². The summed E-state index contributed by atoms with van der Waals surface area (Å²) in [5.74, 6) is 3.01. The molecule has 5 aromatic rings. The van der Waals surface area contributed by atoms with Crippen molar-refractivity contribution in [3.05, 3.63) is 94.1 Å². The van der Waals surface area contributed by atoms with Crippen LogP contribution < -0.4 is 10.1 Å². The van der Waals surface area contributed by atoms with Crippen LogP contribution >= 0.6 is 0 Å². The van der Waals surface area contributed by atoms with Crippen LogP contribution in [-0.4, -0.2) is 31.8 Å². The predicted octanol–water partition coefficient (Wildman–Crippen LogP) is 5.66. The number of rotatable bonds is 6. The molecule has 0 saturated heterocycles. The molecular formula is C29H27N7O. The third-order valence-electron chi connectivity index (χ3n) is 6.39. The van der Waals surface area contributed by atoms with E-state index in [0.29, 0.717) is 41.0 Å². The maximum Gasteiger partial charge on any atom is 0.156 e. The van der Waals surface area contributed by atoms with Gasteiger partial charge < -0.3 is 10.1 Å². The summed E-state index contributed by atoms with van der Waals surface area (Å²) in [6, 6.07) is 18.4. The molecule has 0 amide bonds. The van der Waals surface area contributed by atoms with Crippen molar-refractivity contribution < 1.29 is 4.74 Å². The fourth-order valence-electron chi connectivity index (χ4n) is 4.44. The maximum absolute atomic E-state index is 9.89. The molecule has 0 aliphatic rings. The Morgan fingerprint density at radius 1 is 1.00 bits per heavy atom. The number of nitrogens with one attached hydrogen (secondary N) is 1. The van der Waals surface area contributed by atoms with Crippen molar-refractivity contribution >= 4 is 22.5 Å². The van der Waals surface area contributed by atoms with E-state index in [2.05, 4.69) is 52.7 Å². The van der Waals surface area contributed by atoms with Crippen LogP contribution in [0.25, 0.3) is 16.7 Å². The Morgan fingerprint density at radius 2 is 1.78 bits per heavy atom. The maximum atomic E-state index is 9.89. The molecule has 37 heavy (non-hydrogen) atoms. The van der Waals surface area contributed by atoms with Gasteiger partial charge in [0.05, 0.1) is 13.3 Å². The number of hydrogen-bond acceptors (Lipinski definition) is 7. The molecule has 0 atom stereocenters. The van der Waals surface area contributed by atoms with E-state index in [4.69, 9.17) is 14.7 Å². The average Bonchev–Trinajstić information content (AvgIpc) is 3.29. The molecular weight excluding hydrogens is 462 g/mol. The summed E-state index contributed by atoms with van der Waals surface area (Å²) >= 11 is 0. The molecule has 0 aliphatic heterocycles. The van der Waals surface area contributed by atoms with Gasteiger partial charge in [0.25, 0.3) is 0 Å². The first-order chi connectivity index (χ1) is 17.9. The summed E-state index contributed by atoms with van der Waals surface area (Å²) in [4.78, 5) is 14.2. The molecule has 0 aliphatic carbocycles. The summed E-state index contributed by atoms with van der Waals surface area (Å²) in [6.45, 7) is 7.93. The summed E-state index contributed by atoms with van der Waals surface area (Å²) < 4.78 is 7.19. The van der Waals surface area contributed by atoms with E-state index in [9.17, 15) is 5.26 Å². The smallest absolute Gasteiger partial charge is 0.156 e. The summed E-state index contributed by atoms with van der Waals surface area (Å²) in [6.07, 6.45) is 2.18. The fraction of sp³-hybridized carbons (Fsp3) is 0.207. The average molecular weight is 490 g/mol. The van der Waals surface area contributed by atoms with Crippen molar-refractivity contribution in [2.24, 2.45) is 0 Å². The second-order valence-corrected chi connectivity index (χ2v) is 9.06. The van der Waals surface area contributed by atoms with Crippen molar-refractivity contribution in [3.63, 3.8) is 0 Å². The summed E-state index contributed by atoms with van der Waals surface area (Å²) in [5.41, 5.74) is 6.32. The number of methoxy groups -OCH3 is 1. The van der Waals surface area contributed by atoms with Gasteiger partial charge in [-0.05, 0) is 51.0 Å². The van der Waals surface area contributed by atoms with Crippen LogP contribution in [-0.2, 0) is 6.42 Å². The highest BCUT2D eigenvalue weighted by molar-refractivity contribution is 5.88. The molecule has 1 N–H and O–H groups in total. The number of aromatic nitrogens is 5. The minimum absolute atomic E-state index is 0.384. The first-order valence-corrected chi connectivity index (χ1v) is 12.0. The second kappa shape index (κ2) is 9.70. The quantitative estimate of drug-likeness (QED) is 0.328. The van der Waals surface area contributed by atoms with Gasteiger partial charge >= 0.3 is 0 Å². The predicted molar refractivity (Wildman–Crippen MR) is 144 cm³/mol. The molecule has 3 heterocycles. The van der Waals surface area contributed by atoms with Crippen LogP contribution in [0.4, 0.5) is 11.6 Å². The van der Waals surface area contributed by atoms with Crippen molar-refractivity contribution in [2.45, 2.75) is 34.1 Å². The number of pyridine rings is 1. The molecule has 8 nitrogen and oxygen atoms in total. The number of para-hydroxylation sites is 1. The number of nitriles is 1. The van der Waals surface area contributed by atoms with Gasteiger partial charge in [0.1, 0.15) is 34.5 Å². The lowest BCUT2D eigenvalue weighted by Crippen LogP contribution is -2.11. The zero-order valence-corrected chi connectivity index (χ0v) is 21.5. The third kappa shape index (κ3) is 4.59. The molecule has 0 radical (unpaired) electrons. The molecule has 0 unspecified atom stereocenters. The van der Waals surface area contributed by atoms with Crippen LogP contribution in [0.2, 0.25) is 0 Å². The normalized spacial score (nSPS) is 10.9. The molecule has 2 aromatic carbocycles. The van der Waals surface area contributed by atoms with Crippen LogP contribution in [0, 0.1) is 39.0 Å². The lowest BCUT2D eigenvalue weighted by molar-refractivity contribution is 0.419. The summed E-state index contributed by atoms with van der Waals surface area (Å²) in [5, 5.41) is 18.8. The monoisotopic (exact) mass is 489 g/mol. The number of nitrogens with zero attached hydrogens (tertiary/aromatic N) is 6. The Labute approximate surface area is 215 Å².